The Kier molecular flexibility index (Phi) is 5.44. The maximum atomic E-state index is 13.0. The number of hydrogen-bond acceptors (Lipinski definition) is 2. The maximum absolute atomic E-state index is 13.0. The van der Waals surface area contributed by atoms with Crippen LogP contribution in [0, 0.1) is 18.8 Å². The molecule has 0 aliphatic heterocycles. The average molecular weight is 379 g/mol. The van der Waals surface area contributed by atoms with Crippen molar-refractivity contribution >= 4 is 5.97 Å². The van der Waals surface area contributed by atoms with Crippen LogP contribution in [0.5, 0.6) is 5.75 Å². The Hall–Kier alpha value is -2.09. The van der Waals surface area contributed by atoms with Crippen molar-refractivity contribution in [2.75, 3.05) is 0 Å². The summed E-state index contributed by atoms with van der Waals surface area (Å²) in [6.45, 7) is 15.2. The number of rotatable bonds is 4. The first kappa shape index (κ1) is 20.6. The van der Waals surface area contributed by atoms with Gasteiger partial charge in [0.15, 0.2) is 0 Å². The van der Waals surface area contributed by atoms with Gasteiger partial charge in [-0.1, -0.05) is 89.6 Å². The van der Waals surface area contributed by atoms with E-state index in [9.17, 15) is 4.79 Å². The average Bonchev–Trinajstić information content (AvgIpc) is 3.34. The third kappa shape index (κ3) is 4.66. The van der Waals surface area contributed by atoms with Crippen molar-refractivity contribution in [2.45, 2.75) is 72.1 Å². The van der Waals surface area contributed by atoms with Crippen molar-refractivity contribution in [1.29, 1.82) is 0 Å². The van der Waals surface area contributed by atoms with E-state index in [-0.39, 0.29) is 22.7 Å². The molecule has 0 heterocycles. The van der Waals surface area contributed by atoms with Crippen molar-refractivity contribution in [2.24, 2.45) is 11.8 Å². The van der Waals surface area contributed by atoms with E-state index in [1.807, 2.05) is 6.07 Å². The molecule has 2 nitrogen and oxygen atoms in total. The summed E-state index contributed by atoms with van der Waals surface area (Å²) < 4.78 is 6.14. The number of aryl methyl sites for hydroxylation is 1. The molecule has 1 fully saturated rings. The Bertz CT molecular complexity index is 815. The van der Waals surface area contributed by atoms with Crippen molar-refractivity contribution < 1.29 is 9.53 Å². The molecule has 0 aromatic heterocycles. The minimum absolute atomic E-state index is 0.0159. The van der Waals surface area contributed by atoms with E-state index < -0.39 is 0 Å². The van der Waals surface area contributed by atoms with Gasteiger partial charge in [-0.05, 0) is 42.1 Å². The number of benzene rings is 2. The standard InChI is InChI=1S/C26H34O2/c1-17-13-21(25(2,3)4)23(22(14-17)26(5,6)7)28-24(27)20-16-19(20)15-18-11-9-8-10-12-18/h8-14,19-20H,15-16H2,1-7H3/t19-,20-/m0/s1. The van der Waals surface area contributed by atoms with Gasteiger partial charge >= 0.3 is 5.97 Å². The summed E-state index contributed by atoms with van der Waals surface area (Å²) in [5.74, 6) is 1.13. The first-order valence-corrected chi connectivity index (χ1v) is 10.4. The van der Waals surface area contributed by atoms with E-state index in [0.29, 0.717) is 5.92 Å². The molecule has 0 spiro atoms. The van der Waals surface area contributed by atoms with Crippen LogP contribution in [0.3, 0.4) is 0 Å². The molecule has 2 heteroatoms. The molecule has 150 valence electrons. The second-order valence-corrected chi connectivity index (χ2v) is 10.4. The molecule has 3 rings (SSSR count). The van der Waals surface area contributed by atoms with Crippen molar-refractivity contribution in [3.05, 3.63) is 64.7 Å². The zero-order chi connectivity index (χ0) is 20.7. The van der Waals surface area contributed by atoms with Crippen molar-refractivity contribution in [1.82, 2.24) is 0 Å². The lowest BCUT2D eigenvalue weighted by atomic mass is 9.78. The Balaban J connectivity index is 1.84. The number of carbonyl (C=O) groups excluding carboxylic acids is 1. The van der Waals surface area contributed by atoms with Gasteiger partial charge in [0.1, 0.15) is 5.75 Å². The zero-order valence-corrected chi connectivity index (χ0v) is 18.4. The fourth-order valence-electron chi connectivity index (χ4n) is 3.85. The fourth-order valence-corrected chi connectivity index (χ4v) is 3.85. The van der Waals surface area contributed by atoms with Gasteiger partial charge < -0.3 is 4.74 Å². The van der Waals surface area contributed by atoms with E-state index in [0.717, 1.165) is 29.7 Å². The van der Waals surface area contributed by atoms with Gasteiger partial charge in [0.2, 0.25) is 0 Å². The van der Waals surface area contributed by atoms with Gasteiger partial charge in [-0.15, -0.1) is 0 Å². The summed E-state index contributed by atoms with van der Waals surface area (Å²) in [6.07, 6.45) is 1.88. The minimum atomic E-state index is -0.0887. The number of hydrogen-bond donors (Lipinski definition) is 0. The maximum Gasteiger partial charge on any atom is 0.314 e. The van der Waals surface area contributed by atoms with Gasteiger partial charge in [-0.3, -0.25) is 4.79 Å². The molecule has 0 bridgehead atoms. The minimum Gasteiger partial charge on any atom is -0.426 e. The third-order valence-electron chi connectivity index (χ3n) is 5.62. The largest absolute Gasteiger partial charge is 0.426 e. The van der Waals surface area contributed by atoms with Crippen LogP contribution in [0.15, 0.2) is 42.5 Å². The van der Waals surface area contributed by atoms with Gasteiger partial charge in [0.05, 0.1) is 5.92 Å². The highest BCUT2D eigenvalue weighted by atomic mass is 16.5. The predicted octanol–water partition coefficient (Wildman–Crippen LogP) is 6.37. The highest BCUT2D eigenvalue weighted by molar-refractivity contribution is 5.79. The lowest BCUT2D eigenvalue weighted by Gasteiger charge is -2.29. The van der Waals surface area contributed by atoms with Gasteiger partial charge in [0, 0.05) is 11.1 Å². The highest BCUT2D eigenvalue weighted by Crippen LogP contribution is 2.45. The topological polar surface area (TPSA) is 26.3 Å². The van der Waals surface area contributed by atoms with Crippen molar-refractivity contribution in [3.8, 4) is 5.75 Å². The van der Waals surface area contributed by atoms with E-state index in [1.54, 1.807) is 0 Å². The van der Waals surface area contributed by atoms with E-state index in [4.69, 9.17) is 4.74 Å². The van der Waals surface area contributed by atoms with Crippen molar-refractivity contribution in [3.63, 3.8) is 0 Å². The molecule has 28 heavy (non-hydrogen) atoms. The molecule has 1 aliphatic rings. The Labute approximate surface area is 170 Å². The molecule has 0 radical (unpaired) electrons. The molecule has 2 aromatic rings. The molecule has 2 aromatic carbocycles. The third-order valence-corrected chi connectivity index (χ3v) is 5.62. The smallest absolute Gasteiger partial charge is 0.314 e. The lowest BCUT2D eigenvalue weighted by Crippen LogP contribution is -2.23. The predicted molar refractivity (Wildman–Crippen MR) is 116 cm³/mol. The summed E-state index contributed by atoms with van der Waals surface area (Å²) in [4.78, 5) is 13.0. The monoisotopic (exact) mass is 378 g/mol. The van der Waals surface area contributed by atoms with Crippen LogP contribution in [-0.2, 0) is 22.0 Å². The summed E-state index contributed by atoms with van der Waals surface area (Å²) in [7, 11) is 0. The molecular formula is C26H34O2. The van der Waals surface area contributed by atoms with Crippen LogP contribution < -0.4 is 4.74 Å². The second kappa shape index (κ2) is 7.39. The molecular weight excluding hydrogens is 344 g/mol. The molecule has 0 amide bonds. The van der Waals surface area contributed by atoms with Crippen LogP contribution >= 0.6 is 0 Å². The lowest BCUT2D eigenvalue weighted by molar-refractivity contribution is -0.136. The van der Waals surface area contributed by atoms with Crippen LogP contribution in [-0.4, -0.2) is 5.97 Å². The van der Waals surface area contributed by atoms with Crippen LogP contribution in [0.25, 0.3) is 0 Å². The molecule has 2 atom stereocenters. The summed E-state index contributed by atoms with van der Waals surface area (Å²) in [5.41, 5.74) is 4.56. The summed E-state index contributed by atoms with van der Waals surface area (Å²) >= 11 is 0. The number of esters is 1. The zero-order valence-electron chi connectivity index (χ0n) is 18.4. The Morgan fingerprint density at radius 2 is 1.50 bits per heavy atom. The Morgan fingerprint density at radius 1 is 0.964 bits per heavy atom. The summed E-state index contributed by atoms with van der Waals surface area (Å²) in [6, 6.07) is 14.8. The Morgan fingerprint density at radius 3 is 2.00 bits per heavy atom. The van der Waals surface area contributed by atoms with Gasteiger partial charge in [-0.25, -0.2) is 0 Å². The molecule has 1 saturated carbocycles. The van der Waals surface area contributed by atoms with Crippen LogP contribution in [0.4, 0.5) is 0 Å². The molecule has 0 saturated heterocycles. The summed E-state index contributed by atoms with van der Waals surface area (Å²) in [5, 5.41) is 0. The van der Waals surface area contributed by atoms with Gasteiger partial charge in [-0.2, -0.15) is 0 Å². The second-order valence-electron chi connectivity index (χ2n) is 10.4. The molecule has 0 N–H and O–H groups in total. The van der Waals surface area contributed by atoms with E-state index in [2.05, 4.69) is 84.9 Å². The van der Waals surface area contributed by atoms with Gasteiger partial charge in [0.25, 0.3) is 0 Å². The number of carbonyl (C=O) groups is 1. The van der Waals surface area contributed by atoms with Crippen LogP contribution in [0.1, 0.15) is 70.2 Å². The molecule has 0 unspecified atom stereocenters. The number of ether oxygens (including phenoxy) is 1. The molecule has 1 aliphatic carbocycles. The highest BCUT2D eigenvalue weighted by Gasteiger charge is 2.45. The normalized spacial score (nSPS) is 19.4. The first-order chi connectivity index (χ1) is 13.0. The SMILES string of the molecule is Cc1cc(C(C)(C)C)c(OC(=O)[C@H]2C[C@@H]2Cc2ccccc2)c(C(C)(C)C)c1. The van der Waals surface area contributed by atoms with Crippen LogP contribution in [0.2, 0.25) is 0 Å². The first-order valence-electron chi connectivity index (χ1n) is 10.4. The van der Waals surface area contributed by atoms with E-state index >= 15 is 0 Å². The van der Waals surface area contributed by atoms with E-state index in [1.165, 1.54) is 11.1 Å². The fraction of sp³-hybridized carbons (Fsp3) is 0.500. The quantitative estimate of drug-likeness (QED) is 0.456.